The normalized spacial score (nSPS) is 28.4. The minimum absolute atomic E-state index is 0.0795. The molecular weight excluding hydrogens is 345 g/mol. The van der Waals surface area contributed by atoms with E-state index < -0.39 is 0 Å². The molecule has 3 atom stereocenters. The van der Waals surface area contributed by atoms with Crippen molar-refractivity contribution in [3.05, 3.63) is 35.6 Å². The lowest BCUT2D eigenvalue weighted by atomic mass is 10.1. The molecule has 2 fully saturated rings. The van der Waals surface area contributed by atoms with Crippen molar-refractivity contribution in [2.75, 3.05) is 60.4 Å². The third-order valence-electron chi connectivity index (χ3n) is 5.49. The van der Waals surface area contributed by atoms with Crippen molar-refractivity contribution in [3.8, 4) is 0 Å². The second kappa shape index (κ2) is 8.99. The average Bonchev–Trinajstić information content (AvgIpc) is 2.65. The van der Waals surface area contributed by atoms with E-state index in [9.17, 15) is 4.39 Å². The third kappa shape index (κ3) is 5.18. The van der Waals surface area contributed by atoms with Crippen LogP contribution in [-0.4, -0.2) is 93.2 Å². The van der Waals surface area contributed by atoms with E-state index in [4.69, 9.17) is 4.74 Å². The summed E-state index contributed by atoms with van der Waals surface area (Å²) in [5.74, 6) is 0.678. The molecule has 3 rings (SSSR count). The van der Waals surface area contributed by atoms with Crippen molar-refractivity contribution in [2.24, 2.45) is 4.99 Å². The molecule has 2 heterocycles. The topological polar surface area (TPSA) is 43.3 Å². The van der Waals surface area contributed by atoms with Crippen molar-refractivity contribution < 1.29 is 9.13 Å². The molecule has 0 saturated carbocycles. The molecule has 0 amide bonds. The maximum absolute atomic E-state index is 13.2. The molecule has 1 N–H and O–H groups in total. The van der Waals surface area contributed by atoms with E-state index in [0.717, 1.165) is 44.2 Å². The summed E-state index contributed by atoms with van der Waals surface area (Å²) < 4.78 is 19.3. The number of nitrogens with one attached hydrogen (secondary N) is 1. The van der Waals surface area contributed by atoms with Crippen molar-refractivity contribution in [1.29, 1.82) is 0 Å². The minimum Gasteiger partial charge on any atom is -0.367 e. The number of halogens is 1. The van der Waals surface area contributed by atoms with Crippen molar-refractivity contribution in [3.63, 3.8) is 0 Å². The Morgan fingerprint density at radius 1 is 1.19 bits per heavy atom. The number of aliphatic imine (C=N–C) groups is 1. The molecule has 6 nitrogen and oxygen atoms in total. The predicted octanol–water partition coefficient (Wildman–Crippen LogP) is 1.41. The number of piperazine rings is 1. The number of ether oxygens (including phenoxy) is 1. The quantitative estimate of drug-likeness (QED) is 0.637. The Morgan fingerprint density at radius 2 is 1.93 bits per heavy atom. The number of hydrogen-bond donors (Lipinski definition) is 1. The van der Waals surface area contributed by atoms with Crippen LogP contribution in [0.15, 0.2) is 29.3 Å². The van der Waals surface area contributed by atoms with Crippen LogP contribution in [0.4, 0.5) is 4.39 Å². The molecule has 7 heteroatoms. The molecule has 0 aromatic heterocycles. The number of morpholine rings is 1. The predicted molar refractivity (Wildman–Crippen MR) is 107 cm³/mol. The highest BCUT2D eigenvalue weighted by Gasteiger charge is 2.29. The van der Waals surface area contributed by atoms with E-state index in [2.05, 4.69) is 46.0 Å². The van der Waals surface area contributed by atoms with Crippen LogP contribution in [0.3, 0.4) is 0 Å². The SMILES string of the molecule is CN=C(NCC1CN(C)CCN1C)N1CC(C)OC(c2ccc(F)cc2)C1. The number of likely N-dealkylation sites (N-methyl/N-ethyl adjacent to an activating group) is 2. The summed E-state index contributed by atoms with van der Waals surface area (Å²) in [6, 6.07) is 7.06. The van der Waals surface area contributed by atoms with Gasteiger partial charge in [0.15, 0.2) is 5.96 Å². The summed E-state index contributed by atoms with van der Waals surface area (Å²) >= 11 is 0. The zero-order valence-corrected chi connectivity index (χ0v) is 16.9. The zero-order chi connectivity index (χ0) is 19.4. The molecule has 0 radical (unpaired) electrons. The highest BCUT2D eigenvalue weighted by atomic mass is 19.1. The lowest BCUT2D eigenvalue weighted by molar-refractivity contribution is -0.0605. The van der Waals surface area contributed by atoms with Crippen LogP contribution in [0.5, 0.6) is 0 Å². The fourth-order valence-electron chi connectivity index (χ4n) is 3.85. The summed E-state index contributed by atoms with van der Waals surface area (Å²) in [6.45, 7) is 7.68. The molecule has 1 aromatic rings. The molecule has 0 bridgehead atoms. The summed E-state index contributed by atoms with van der Waals surface area (Å²) in [5, 5.41) is 3.55. The third-order valence-corrected chi connectivity index (χ3v) is 5.49. The van der Waals surface area contributed by atoms with E-state index in [0.29, 0.717) is 12.6 Å². The zero-order valence-electron chi connectivity index (χ0n) is 16.9. The first-order chi connectivity index (χ1) is 13.0. The van der Waals surface area contributed by atoms with Gasteiger partial charge in [0.05, 0.1) is 12.6 Å². The molecule has 2 aliphatic heterocycles. The Balaban J connectivity index is 1.62. The largest absolute Gasteiger partial charge is 0.367 e. The van der Waals surface area contributed by atoms with Crippen LogP contribution in [0.1, 0.15) is 18.6 Å². The highest BCUT2D eigenvalue weighted by Crippen LogP contribution is 2.25. The van der Waals surface area contributed by atoms with Gasteiger partial charge in [-0.15, -0.1) is 0 Å². The van der Waals surface area contributed by atoms with Gasteiger partial charge in [-0.3, -0.25) is 9.89 Å². The van der Waals surface area contributed by atoms with Gasteiger partial charge in [-0.2, -0.15) is 0 Å². The van der Waals surface area contributed by atoms with E-state index in [1.807, 2.05) is 7.05 Å². The molecule has 1 aromatic carbocycles. The maximum atomic E-state index is 13.2. The smallest absolute Gasteiger partial charge is 0.193 e. The molecule has 150 valence electrons. The minimum atomic E-state index is -0.224. The van der Waals surface area contributed by atoms with Gasteiger partial charge in [0.25, 0.3) is 0 Å². The molecule has 0 spiro atoms. The first-order valence-corrected chi connectivity index (χ1v) is 9.71. The van der Waals surface area contributed by atoms with E-state index in [1.54, 1.807) is 12.1 Å². The van der Waals surface area contributed by atoms with Crippen LogP contribution >= 0.6 is 0 Å². The van der Waals surface area contributed by atoms with Crippen LogP contribution in [0.2, 0.25) is 0 Å². The van der Waals surface area contributed by atoms with Gasteiger partial charge in [0.1, 0.15) is 11.9 Å². The second-order valence-corrected chi connectivity index (χ2v) is 7.72. The van der Waals surface area contributed by atoms with Gasteiger partial charge in [0.2, 0.25) is 0 Å². The molecule has 3 unspecified atom stereocenters. The van der Waals surface area contributed by atoms with Crippen molar-refractivity contribution in [2.45, 2.75) is 25.2 Å². The van der Waals surface area contributed by atoms with E-state index in [-0.39, 0.29) is 18.0 Å². The number of hydrogen-bond acceptors (Lipinski definition) is 4. The fourth-order valence-corrected chi connectivity index (χ4v) is 3.85. The van der Waals surface area contributed by atoms with Crippen LogP contribution < -0.4 is 5.32 Å². The highest BCUT2D eigenvalue weighted by molar-refractivity contribution is 5.80. The lowest BCUT2D eigenvalue weighted by Crippen LogP contribution is -2.57. The van der Waals surface area contributed by atoms with Gasteiger partial charge in [-0.05, 0) is 38.7 Å². The Morgan fingerprint density at radius 3 is 2.63 bits per heavy atom. The van der Waals surface area contributed by atoms with Crippen LogP contribution in [0, 0.1) is 5.82 Å². The van der Waals surface area contributed by atoms with Crippen molar-refractivity contribution in [1.82, 2.24) is 20.0 Å². The maximum Gasteiger partial charge on any atom is 0.193 e. The average molecular weight is 378 g/mol. The number of guanidine groups is 1. The van der Waals surface area contributed by atoms with E-state index >= 15 is 0 Å². The van der Waals surface area contributed by atoms with Crippen LogP contribution in [0.25, 0.3) is 0 Å². The van der Waals surface area contributed by atoms with Gasteiger partial charge >= 0.3 is 0 Å². The standard InChI is InChI=1S/C20H32FN5O/c1-15-12-26(14-19(27-15)16-5-7-17(21)8-6-16)20(22-2)23-11-18-13-24(3)9-10-25(18)4/h5-8,15,18-19H,9-14H2,1-4H3,(H,22,23). The monoisotopic (exact) mass is 377 g/mol. The van der Waals surface area contributed by atoms with Crippen molar-refractivity contribution >= 4 is 5.96 Å². The Kier molecular flexibility index (Phi) is 6.68. The van der Waals surface area contributed by atoms with Gasteiger partial charge in [-0.1, -0.05) is 12.1 Å². The molecule has 2 aliphatic rings. The number of benzene rings is 1. The lowest BCUT2D eigenvalue weighted by Gasteiger charge is -2.41. The Hall–Kier alpha value is -1.70. The molecule has 27 heavy (non-hydrogen) atoms. The summed E-state index contributed by atoms with van der Waals surface area (Å²) in [7, 11) is 6.18. The first-order valence-electron chi connectivity index (χ1n) is 9.71. The Labute approximate surface area is 162 Å². The van der Waals surface area contributed by atoms with Crippen LogP contribution in [-0.2, 0) is 4.74 Å². The number of nitrogens with zero attached hydrogens (tertiary/aromatic N) is 4. The van der Waals surface area contributed by atoms with Gasteiger partial charge < -0.3 is 19.9 Å². The van der Waals surface area contributed by atoms with Gasteiger partial charge in [-0.25, -0.2) is 4.39 Å². The second-order valence-electron chi connectivity index (χ2n) is 7.72. The fraction of sp³-hybridized carbons (Fsp3) is 0.650. The number of rotatable bonds is 3. The summed E-state index contributed by atoms with van der Waals surface area (Å²) in [4.78, 5) is 11.5. The molecular formula is C20H32FN5O. The summed E-state index contributed by atoms with van der Waals surface area (Å²) in [5.41, 5.74) is 0.997. The van der Waals surface area contributed by atoms with Gasteiger partial charge in [0, 0.05) is 45.8 Å². The summed E-state index contributed by atoms with van der Waals surface area (Å²) in [6.07, 6.45) is -0.00720. The van der Waals surface area contributed by atoms with E-state index in [1.165, 1.54) is 12.1 Å². The molecule has 0 aliphatic carbocycles. The molecule has 2 saturated heterocycles. The first kappa shape index (κ1) is 20.0. The Bertz CT molecular complexity index is 638.